The smallest absolute Gasteiger partial charge is 0.244 e. The topological polar surface area (TPSA) is 54.9 Å². The Labute approximate surface area is 140 Å². The molecule has 24 heavy (non-hydrogen) atoms. The van der Waals surface area contributed by atoms with E-state index < -0.39 is 0 Å². The summed E-state index contributed by atoms with van der Waals surface area (Å²) in [5, 5.41) is 2.87. The summed E-state index contributed by atoms with van der Waals surface area (Å²) in [5.74, 6) is -0.134. The number of pyridine rings is 2. The molecule has 0 spiro atoms. The summed E-state index contributed by atoms with van der Waals surface area (Å²) in [6, 6.07) is 15.6. The number of carbonyl (C=O) groups is 1. The van der Waals surface area contributed by atoms with Crippen LogP contribution in [0.3, 0.4) is 0 Å². The first-order chi connectivity index (χ1) is 11.8. The van der Waals surface area contributed by atoms with Gasteiger partial charge in [0.2, 0.25) is 5.91 Å². The molecule has 2 aromatic heterocycles. The van der Waals surface area contributed by atoms with Crippen molar-refractivity contribution in [1.29, 1.82) is 0 Å². The first-order valence-corrected chi connectivity index (χ1v) is 7.66. The molecule has 0 aliphatic rings. The molecular weight excluding hydrogens is 298 g/mol. The average Bonchev–Trinajstić information content (AvgIpc) is 2.66. The molecular formula is C20H17N3O. The van der Waals surface area contributed by atoms with Crippen LogP contribution in [0.5, 0.6) is 0 Å². The number of nitrogens with zero attached hydrogens (tertiary/aromatic N) is 2. The second kappa shape index (κ2) is 7.83. The summed E-state index contributed by atoms with van der Waals surface area (Å²) < 4.78 is 0. The van der Waals surface area contributed by atoms with Crippen LogP contribution in [-0.2, 0) is 11.3 Å². The van der Waals surface area contributed by atoms with Crippen LogP contribution in [0, 0.1) is 0 Å². The number of amides is 1. The van der Waals surface area contributed by atoms with Crippen molar-refractivity contribution >= 4 is 12.0 Å². The Kier molecular flexibility index (Phi) is 5.10. The van der Waals surface area contributed by atoms with Gasteiger partial charge in [-0.3, -0.25) is 14.8 Å². The van der Waals surface area contributed by atoms with Gasteiger partial charge in [-0.25, -0.2) is 0 Å². The molecule has 0 atom stereocenters. The lowest BCUT2D eigenvalue weighted by molar-refractivity contribution is -0.116. The van der Waals surface area contributed by atoms with Crippen LogP contribution in [0.2, 0.25) is 0 Å². The van der Waals surface area contributed by atoms with E-state index in [9.17, 15) is 4.79 Å². The summed E-state index contributed by atoms with van der Waals surface area (Å²) in [6.07, 6.45) is 10.4. The number of aromatic nitrogens is 2. The number of hydrogen-bond donors (Lipinski definition) is 1. The Balaban J connectivity index is 1.61. The van der Waals surface area contributed by atoms with Gasteiger partial charge in [0.25, 0.3) is 0 Å². The Morgan fingerprint density at radius 1 is 0.958 bits per heavy atom. The van der Waals surface area contributed by atoms with Gasteiger partial charge in [0.05, 0.1) is 0 Å². The molecule has 0 bridgehead atoms. The average molecular weight is 315 g/mol. The minimum atomic E-state index is -0.134. The molecule has 0 fully saturated rings. The van der Waals surface area contributed by atoms with Gasteiger partial charge >= 0.3 is 0 Å². The van der Waals surface area contributed by atoms with E-state index in [1.54, 1.807) is 30.9 Å². The minimum absolute atomic E-state index is 0.134. The molecule has 118 valence electrons. The largest absolute Gasteiger partial charge is 0.348 e. The molecule has 1 aromatic carbocycles. The van der Waals surface area contributed by atoms with Crippen LogP contribution < -0.4 is 5.32 Å². The number of hydrogen-bond acceptors (Lipinski definition) is 3. The Morgan fingerprint density at radius 2 is 1.79 bits per heavy atom. The maximum Gasteiger partial charge on any atom is 0.244 e. The fourth-order valence-corrected chi connectivity index (χ4v) is 2.26. The van der Waals surface area contributed by atoms with Gasteiger partial charge < -0.3 is 5.32 Å². The lowest BCUT2D eigenvalue weighted by Crippen LogP contribution is -2.20. The highest BCUT2D eigenvalue weighted by Gasteiger charge is 2.02. The van der Waals surface area contributed by atoms with E-state index in [2.05, 4.69) is 15.3 Å². The van der Waals surface area contributed by atoms with Gasteiger partial charge in [0.15, 0.2) is 0 Å². The summed E-state index contributed by atoms with van der Waals surface area (Å²) >= 11 is 0. The Bertz CT molecular complexity index is 830. The van der Waals surface area contributed by atoms with Crippen molar-refractivity contribution in [3.8, 4) is 11.1 Å². The number of carbonyl (C=O) groups excluding carboxylic acids is 1. The van der Waals surface area contributed by atoms with Crippen LogP contribution in [0.15, 0.2) is 79.4 Å². The lowest BCUT2D eigenvalue weighted by atomic mass is 10.1. The van der Waals surface area contributed by atoms with Gasteiger partial charge in [-0.2, -0.15) is 0 Å². The fourth-order valence-electron chi connectivity index (χ4n) is 2.26. The van der Waals surface area contributed by atoms with Crippen molar-refractivity contribution in [3.63, 3.8) is 0 Å². The molecule has 0 aliphatic heterocycles. The molecule has 3 aromatic rings. The molecule has 0 radical (unpaired) electrons. The monoisotopic (exact) mass is 315 g/mol. The third-order valence-electron chi connectivity index (χ3n) is 3.48. The van der Waals surface area contributed by atoms with Crippen LogP contribution in [0.4, 0.5) is 0 Å². The maximum absolute atomic E-state index is 11.9. The zero-order chi connectivity index (χ0) is 16.6. The van der Waals surface area contributed by atoms with E-state index in [0.717, 1.165) is 22.3 Å². The van der Waals surface area contributed by atoms with Crippen molar-refractivity contribution < 1.29 is 4.79 Å². The molecule has 0 aliphatic carbocycles. The highest BCUT2D eigenvalue weighted by molar-refractivity contribution is 5.91. The SMILES string of the molecule is O=C(C=Cc1ccccc1)NCc1cncc(-c2cccnc2)c1. The molecule has 2 heterocycles. The van der Waals surface area contributed by atoms with Gasteiger partial charge in [-0.15, -0.1) is 0 Å². The van der Waals surface area contributed by atoms with Gasteiger partial charge in [0.1, 0.15) is 0 Å². The van der Waals surface area contributed by atoms with E-state index in [-0.39, 0.29) is 5.91 Å². The molecule has 0 saturated heterocycles. The van der Waals surface area contributed by atoms with E-state index >= 15 is 0 Å². The first-order valence-electron chi connectivity index (χ1n) is 7.66. The van der Waals surface area contributed by atoms with Crippen molar-refractivity contribution in [2.45, 2.75) is 6.54 Å². The summed E-state index contributed by atoms with van der Waals surface area (Å²) in [5.41, 5.74) is 3.92. The Morgan fingerprint density at radius 3 is 2.58 bits per heavy atom. The Hall–Kier alpha value is -3.27. The molecule has 0 unspecified atom stereocenters. The molecule has 4 heteroatoms. The lowest BCUT2D eigenvalue weighted by Gasteiger charge is -2.05. The standard InChI is InChI=1S/C20H17N3O/c24-20(9-8-16-5-2-1-3-6-16)23-13-17-11-19(15-22-12-17)18-7-4-10-21-14-18/h1-12,14-15H,13H2,(H,23,24). The van der Waals surface area contributed by atoms with Gasteiger partial charge in [-0.1, -0.05) is 36.4 Å². The third kappa shape index (κ3) is 4.36. The van der Waals surface area contributed by atoms with E-state index in [4.69, 9.17) is 0 Å². The van der Waals surface area contributed by atoms with Crippen molar-refractivity contribution in [2.24, 2.45) is 0 Å². The highest BCUT2D eigenvalue weighted by Crippen LogP contribution is 2.17. The van der Waals surface area contributed by atoms with E-state index in [1.165, 1.54) is 6.08 Å². The number of nitrogens with one attached hydrogen (secondary N) is 1. The molecule has 0 saturated carbocycles. The number of rotatable bonds is 5. The van der Waals surface area contributed by atoms with E-state index in [1.807, 2.05) is 48.5 Å². The predicted octanol–water partition coefficient (Wildman–Crippen LogP) is 3.47. The zero-order valence-corrected chi connectivity index (χ0v) is 13.1. The summed E-state index contributed by atoms with van der Waals surface area (Å²) in [7, 11) is 0. The number of benzene rings is 1. The van der Waals surface area contributed by atoms with Crippen molar-refractivity contribution in [1.82, 2.24) is 15.3 Å². The molecule has 4 nitrogen and oxygen atoms in total. The van der Waals surface area contributed by atoms with Crippen molar-refractivity contribution in [2.75, 3.05) is 0 Å². The van der Waals surface area contributed by atoms with E-state index in [0.29, 0.717) is 6.54 Å². The van der Waals surface area contributed by atoms with Gasteiger partial charge in [-0.05, 0) is 29.3 Å². The second-order valence-electron chi connectivity index (χ2n) is 5.29. The van der Waals surface area contributed by atoms with Crippen LogP contribution in [0.1, 0.15) is 11.1 Å². The normalized spacial score (nSPS) is 10.7. The van der Waals surface area contributed by atoms with Crippen LogP contribution in [-0.4, -0.2) is 15.9 Å². The summed E-state index contributed by atoms with van der Waals surface area (Å²) in [6.45, 7) is 0.430. The predicted molar refractivity (Wildman–Crippen MR) is 94.8 cm³/mol. The maximum atomic E-state index is 11.9. The second-order valence-corrected chi connectivity index (χ2v) is 5.29. The highest BCUT2D eigenvalue weighted by atomic mass is 16.1. The zero-order valence-electron chi connectivity index (χ0n) is 13.1. The minimum Gasteiger partial charge on any atom is -0.348 e. The van der Waals surface area contributed by atoms with Crippen LogP contribution >= 0.6 is 0 Å². The quantitative estimate of drug-likeness (QED) is 0.733. The molecule has 1 amide bonds. The molecule has 1 N–H and O–H groups in total. The first kappa shape index (κ1) is 15.6. The fraction of sp³-hybridized carbons (Fsp3) is 0.0500. The van der Waals surface area contributed by atoms with Crippen molar-refractivity contribution in [3.05, 3.63) is 90.5 Å². The summed E-state index contributed by atoms with van der Waals surface area (Å²) in [4.78, 5) is 20.3. The molecule has 3 rings (SSSR count). The van der Waals surface area contributed by atoms with Crippen LogP contribution in [0.25, 0.3) is 17.2 Å². The van der Waals surface area contributed by atoms with Gasteiger partial charge in [0, 0.05) is 48.5 Å². The third-order valence-corrected chi connectivity index (χ3v) is 3.48.